The maximum Gasteiger partial charge on any atom is 0.0622 e. The number of benzene rings is 1. The fourth-order valence-electron chi connectivity index (χ4n) is 3.28. The Labute approximate surface area is 130 Å². The molecule has 0 radical (unpaired) electrons. The van der Waals surface area contributed by atoms with Crippen LogP contribution >= 0.6 is 0 Å². The van der Waals surface area contributed by atoms with Crippen molar-refractivity contribution in [3.63, 3.8) is 0 Å². The van der Waals surface area contributed by atoms with E-state index in [1.165, 1.54) is 37.7 Å². The fraction of sp³-hybridized carbons (Fsp3) is 0.684. The molecule has 21 heavy (non-hydrogen) atoms. The van der Waals surface area contributed by atoms with E-state index in [1.54, 1.807) is 0 Å². The summed E-state index contributed by atoms with van der Waals surface area (Å²) in [7, 11) is 0. The Morgan fingerprint density at radius 2 is 1.95 bits per heavy atom. The molecule has 1 aliphatic carbocycles. The van der Waals surface area contributed by atoms with Crippen molar-refractivity contribution in [1.82, 2.24) is 5.32 Å². The molecule has 1 aromatic carbocycles. The molecule has 1 aliphatic rings. The van der Waals surface area contributed by atoms with Gasteiger partial charge in [0, 0.05) is 12.6 Å². The molecule has 2 heteroatoms. The van der Waals surface area contributed by atoms with E-state index in [4.69, 9.17) is 4.74 Å². The average molecular weight is 289 g/mol. The second-order valence-corrected chi connectivity index (χ2v) is 6.27. The van der Waals surface area contributed by atoms with Crippen LogP contribution in [0.4, 0.5) is 0 Å². The van der Waals surface area contributed by atoms with E-state index in [0.29, 0.717) is 6.04 Å². The summed E-state index contributed by atoms with van der Waals surface area (Å²) in [5.74, 6) is 0.839. The van der Waals surface area contributed by atoms with Gasteiger partial charge < -0.3 is 10.1 Å². The number of hydrogen-bond donors (Lipinski definition) is 1. The van der Waals surface area contributed by atoms with Crippen molar-refractivity contribution < 1.29 is 4.74 Å². The molecule has 1 aromatic rings. The van der Waals surface area contributed by atoms with Gasteiger partial charge in [-0.05, 0) is 50.1 Å². The molecular weight excluding hydrogens is 258 g/mol. The van der Waals surface area contributed by atoms with Crippen LogP contribution in [-0.4, -0.2) is 25.8 Å². The van der Waals surface area contributed by atoms with Crippen LogP contribution < -0.4 is 5.32 Å². The average Bonchev–Trinajstić information content (AvgIpc) is 3.05. The van der Waals surface area contributed by atoms with Gasteiger partial charge in [-0.25, -0.2) is 0 Å². The summed E-state index contributed by atoms with van der Waals surface area (Å²) in [5.41, 5.74) is 1.41. The molecular formula is C19H31NO. The maximum atomic E-state index is 5.96. The second-order valence-electron chi connectivity index (χ2n) is 6.27. The van der Waals surface area contributed by atoms with E-state index in [9.17, 15) is 0 Å². The minimum absolute atomic E-state index is 0.573. The lowest BCUT2D eigenvalue weighted by Crippen LogP contribution is -2.39. The topological polar surface area (TPSA) is 21.3 Å². The van der Waals surface area contributed by atoms with E-state index in [2.05, 4.69) is 42.6 Å². The highest BCUT2D eigenvalue weighted by Gasteiger charge is 2.24. The lowest BCUT2D eigenvalue weighted by atomic mass is 9.98. The van der Waals surface area contributed by atoms with Crippen LogP contribution in [0.3, 0.4) is 0 Å². The molecule has 0 saturated heterocycles. The largest absolute Gasteiger partial charge is 0.380 e. The van der Waals surface area contributed by atoms with Crippen molar-refractivity contribution in [3.8, 4) is 0 Å². The van der Waals surface area contributed by atoms with Crippen molar-refractivity contribution in [1.29, 1.82) is 0 Å². The van der Waals surface area contributed by atoms with Gasteiger partial charge >= 0.3 is 0 Å². The lowest BCUT2D eigenvalue weighted by Gasteiger charge is -2.24. The molecule has 0 heterocycles. The first kappa shape index (κ1) is 16.5. The van der Waals surface area contributed by atoms with Crippen LogP contribution in [0, 0.1) is 5.92 Å². The minimum Gasteiger partial charge on any atom is -0.380 e. The molecule has 1 unspecified atom stereocenters. The summed E-state index contributed by atoms with van der Waals surface area (Å²) in [5, 5.41) is 3.69. The van der Waals surface area contributed by atoms with Gasteiger partial charge in [0.25, 0.3) is 0 Å². The summed E-state index contributed by atoms with van der Waals surface area (Å²) in [6.07, 6.45) is 9.03. The number of rotatable bonds is 10. The molecule has 2 rings (SSSR count). The molecule has 0 aliphatic heterocycles. The van der Waals surface area contributed by atoms with Gasteiger partial charge in [-0.15, -0.1) is 0 Å². The van der Waals surface area contributed by atoms with Crippen molar-refractivity contribution in [2.24, 2.45) is 5.92 Å². The Hall–Kier alpha value is -0.860. The highest BCUT2D eigenvalue weighted by molar-refractivity contribution is 5.14. The number of hydrogen-bond acceptors (Lipinski definition) is 2. The lowest BCUT2D eigenvalue weighted by molar-refractivity contribution is 0.0919. The van der Waals surface area contributed by atoms with Gasteiger partial charge in [-0.1, -0.05) is 50.1 Å². The van der Waals surface area contributed by atoms with E-state index in [-0.39, 0.29) is 0 Å². The maximum absolute atomic E-state index is 5.96. The molecule has 118 valence electrons. The molecule has 1 saturated carbocycles. The van der Waals surface area contributed by atoms with E-state index < -0.39 is 0 Å². The monoisotopic (exact) mass is 289 g/mol. The predicted octanol–water partition coefficient (Wildman–Crippen LogP) is 4.19. The molecule has 2 nitrogen and oxygen atoms in total. The SMILES string of the molecule is CCCNC(COCCCc1ccccc1)C1CCCC1. The van der Waals surface area contributed by atoms with E-state index in [0.717, 1.165) is 38.5 Å². The standard InChI is InChI=1S/C19H31NO/c1-2-14-20-19(18-12-6-7-13-18)16-21-15-8-11-17-9-4-3-5-10-17/h3-5,9-10,18-20H,2,6-8,11-16H2,1H3. The first-order chi connectivity index (χ1) is 10.4. The Kier molecular flexibility index (Phi) is 7.83. The first-order valence-electron chi connectivity index (χ1n) is 8.75. The van der Waals surface area contributed by atoms with Crippen LogP contribution in [0.2, 0.25) is 0 Å². The third kappa shape index (κ3) is 6.19. The molecule has 1 N–H and O–H groups in total. The zero-order chi connectivity index (χ0) is 14.8. The third-order valence-electron chi connectivity index (χ3n) is 4.52. The van der Waals surface area contributed by atoms with E-state index in [1.807, 2.05) is 0 Å². The Balaban J connectivity index is 1.62. The van der Waals surface area contributed by atoms with Gasteiger partial charge in [0.05, 0.1) is 6.61 Å². The third-order valence-corrected chi connectivity index (χ3v) is 4.52. The van der Waals surface area contributed by atoms with Gasteiger partial charge in [0.15, 0.2) is 0 Å². The summed E-state index contributed by atoms with van der Waals surface area (Å²) in [6.45, 7) is 5.12. The zero-order valence-electron chi connectivity index (χ0n) is 13.5. The summed E-state index contributed by atoms with van der Waals surface area (Å²) in [4.78, 5) is 0. The van der Waals surface area contributed by atoms with Gasteiger partial charge in [0.2, 0.25) is 0 Å². The van der Waals surface area contributed by atoms with Gasteiger partial charge in [-0.3, -0.25) is 0 Å². The van der Waals surface area contributed by atoms with Crippen LogP contribution in [-0.2, 0) is 11.2 Å². The first-order valence-corrected chi connectivity index (χ1v) is 8.75. The molecule has 0 spiro atoms. The normalized spacial score (nSPS) is 17.2. The zero-order valence-corrected chi connectivity index (χ0v) is 13.5. The van der Waals surface area contributed by atoms with Crippen molar-refractivity contribution in [2.75, 3.05) is 19.8 Å². The highest BCUT2D eigenvalue weighted by Crippen LogP contribution is 2.27. The van der Waals surface area contributed by atoms with E-state index >= 15 is 0 Å². The van der Waals surface area contributed by atoms with Crippen LogP contribution in [0.25, 0.3) is 0 Å². The Bertz CT molecular complexity index is 359. The Morgan fingerprint density at radius 1 is 1.19 bits per heavy atom. The predicted molar refractivity (Wildman–Crippen MR) is 89.6 cm³/mol. The molecule has 0 aromatic heterocycles. The highest BCUT2D eigenvalue weighted by atomic mass is 16.5. The van der Waals surface area contributed by atoms with Crippen molar-refractivity contribution in [2.45, 2.75) is 57.9 Å². The minimum atomic E-state index is 0.573. The van der Waals surface area contributed by atoms with Gasteiger partial charge in [0.1, 0.15) is 0 Å². The van der Waals surface area contributed by atoms with Gasteiger partial charge in [-0.2, -0.15) is 0 Å². The number of ether oxygens (including phenoxy) is 1. The quantitative estimate of drug-likeness (QED) is 0.652. The van der Waals surface area contributed by atoms with Crippen molar-refractivity contribution >= 4 is 0 Å². The van der Waals surface area contributed by atoms with Crippen LogP contribution in [0.15, 0.2) is 30.3 Å². The Morgan fingerprint density at radius 3 is 2.67 bits per heavy atom. The number of nitrogens with one attached hydrogen (secondary N) is 1. The number of aryl methyl sites for hydroxylation is 1. The van der Waals surface area contributed by atoms with Crippen LogP contribution in [0.1, 0.15) is 51.0 Å². The fourth-order valence-corrected chi connectivity index (χ4v) is 3.28. The summed E-state index contributed by atoms with van der Waals surface area (Å²) < 4.78 is 5.96. The summed E-state index contributed by atoms with van der Waals surface area (Å²) >= 11 is 0. The summed E-state index contributed by atoms with van der Waals surface area (Å²) in [6, 6.07) is 11.3. The molecule has 0 amide bonds. The van der Waals surface area contributed by atoms with Crippen LogP contribution in [0.5, 0.6) is 0 Å². The molecule has 1 fully saturated rings. The molecule has 1 atom stereocenters. The van der Waals surface area contributed by atoms with Crippen molar-refractivity contribution in [3.05, 3.63) is 35.9 Å². The second kappa shape index (κ2) is 9.97. The smallest absolute Gasteiger partial charge is 0.0622 e. The molecule has 0 bridgehead atoms.